The van der Waals surface area contributed by atoms with Crippen molar-refractivity contribution in [3.05, 3.63) is 53.9 Å². The number of hydrogen-bond donors (Lipinski definition) is 0. The number of ether oxygens (including phenoxy) is 2. The number of carbonyl (C=O) groups is 1. The van der Waals surface area contributed by atoms with Gasteiger partial charge in [0, 0.05) is 12.3 Å². The van der Waals surface area contributed by atoms with Crippen molar-refractivity contribution in [2.75, 3.05) is 0 Å². The summed E-state index contributed by atoms with van der Waals surface area (Å²) in [5, 5.41) is 0. The Kier molecular flexibility index (Phi) is 3.60. The summed E-state index contributed by atoms with van der Waals surface area (Å²) in [5.41, 5.74) is 1.91. The average molecular weight is 283 g/mol. The van der Waals surface area contributed by atoms with Crippen molar-refractivity contribution < 1.29 is 14.3 Å². The normalized spacial score (nSPS) is 18.6. The molecule has 0 saturated carbocycles. The summed E-state index contributed by atoms with van der Waals surface area (Å²) in [5.74, 6) is 1.27. The highest BCUT2D eigenvalue weighted by molar-refractivity contribution is 5.76. The molecule has 0 spiro atoms. The van der Waals surface area contributed by atoms with Gasteiger partial charge in [0.1, 0.15) is 17.6 Å². The molecule has 4 heteroatoms. The SMILES string of the molecule is CC1CC(=O)Oc2cc(OC(C)c3ccccn3)ccc21. The molecule has 1 aliphatic heterocycles. The van der Waals surface area contributed by atoms with Crippen LogP contribution in [0.3, 0.4) is 0 Å². The Hall–Kier alpha value is -2.36. The van der Waals surface area contributed by atoms with E-state index in [4.69, 9.17) is 9.47 Å². The maximum atomic E-state index is 11.5. The minimum atomic E-state index is -0.190. The van der Waals surface area contributed by atoms with Gasteiger partial charge in [-0.3, -0.25) is 9.78 Å². The van der Waals surface area contributed by atoms with E-state index in [1.807, 2.05) is 44.2 Å². The van der Waals surface area contributed by atoms with Gasteiger partial charge in [-0.05, 0) is 36.6 Å². The zero-order chi connectivity index (χ0) is 14.8. The van der Waals surface area contributed by atoms with Gasteiger partial charge < -0.3 is 9.47 Å². The summed E-state index contributed by atoms with van der Waals surface area (Å²) in [4.78, 5) is 15.8. The zero-order valence-corrected chi connectivity index (χ0v) is 12.1. The Morgan fingerprint density at radius 3 is 2.95 bits per heavy atom. The summed E-state index contributed by atoms with van der Waals surface area (Å²) >= 11 is 0. The molecular formula is C17H17NO3. The predicted octanol–water partition coefficient (Wildman–Crippen LogP) is 3.63. The molecule has 2 aromatic rings. The lowest BCUT2D eigenvalue weighted by Gasteiger charge is -2.22. The van der Waals surface area contributed by atoms with Crippen LogP contribution in [0.2, 0.25) is 0 Å². The van der Waals surface area contributed by atoms with Crippen molar-refractivity contribution in [3.63, 3.8) is 0 Å². The predicted molar refractivity (Wildman–Crippen MR) is 78.4 cm³/mol. The van der Waals surface area contributed by atoms with Crippen molar-refractivity contribution in [3.8, 4) is 11.5 Å². The largest absolute Gasteiger partial charge is 0.484 e. The van der Waals surface area contributed by atoms with Crippen LogP contribution in [-0.4, -0.2) is 11.0 Å². The first-order valence-corrected chi connectivity index (χ1v) is 7.05. The molecule has 108 valence electrons. The van der Waals surface area contributed by atoms with Gasteiger partial charge in [0.25, 0.3) is 0 Å². The van der Waals surface area contributed by atoms with E-state index in [1.165, 1.54) is 0 Å². The molecule has 0 amide bonds. The Morgan fingerprint density at radius 1 is 1.33 bits per heavy atom. The van der Waals surface area contributed by atoms with Crippen LogP contribution in [0.25, 0.3) is 0 Å². The lowest BCUT2D eigenvalue weighted by atomic mass is 9.95. The van der Waals surface area contributed by atoms with E-state index in [0.29, 0.717) is 17.9 Å². The first kappa shape index (κ1) is 13.6. The summed E-state index contributed by atoms with van der Waals surface area (Å²) < 4.78 is 11.2. The number of fused-ring (bicyclic) bond motifs is 1. The first-order chi connectivity index (χ1) is 10.1. The van der Waals surface area contributed by atoms with Crippen LogP contribution in [-0.2, 0) is 4.79 Å². The molecule has 0 N–H and O–H groups in total. The summed E-state index contributed by atoms with van der Waals surface area (Å²) in [7, 11) is 0. The van der Waals surface area contributed by atoms with Crippen LogP contribution < -0.4 is 9.47 Å². The minimum absolute atomic E-state index is 0.166. The number of pyridine rings is 1. The molecule has 2 heterocycles. The minimum Gasteiger partial charge on any atom is -0.484 e. The highest BCUT2D eigenvalue weighted by Gasteiger charge is 2.24. The van der Waals surface area contributed by atoms with Gasteiger partial charge in [0.2, 0.25) is 0 Å². The molecule has 2 atom stereocenters. The number of esters is 1. The van der Waals surface area contributed by atoms with Crippen LogP contribution in [0.1, 0.15) is 43.5 Å². The van der Waals surface area contributed by atoms with Crippen molar-refractivity contribution in [1.82, 2.24) is 4.98 Å². The molecule has 0 aliphatic carbocycles. The molecule has 1 aromatic heterocycles. The monoisotopic (exact) mass is 283 g/mol. The smallest absolute Gasteiger partial charge is 0.311 e. The second kappa shape index (κ2) is 5.56. The van der Waals surface area contributed by atoms with E-state index in [1.54, 1.807) is 12.3 Å². The van der Waals surface area contributed by atoms with E-state index in [-0.39, 0.29) is 18.0 Å². The Morgan fingerprint density at radius 2 is 2.19 bits per heavy atom. The molecule has 0 radical (unpaired) electrons. The van der Waals surface area contributed by atoms with Gasteiger partial charge in [0.05, 0.1) is 12.1 Å². The lowest BCUT2D eigenvalue weighted by Crippen LogP contribution is -2.18. The third-order valence-corrected chi connectivity index (χ3v) is 3.63. The molecular weight excluding hydrogens is 266 g/mol. The number of hydrogen-bond acceptors (Lipinski definition) is 4. The fraction of sp³-hybridized carbons (Fsp3) is 0.294. The van der Waals surface area contributed by atoms with E-state index in [0.717, 1.165) is 11.3 Å². The van der Waals surface area contributed by atoms with E-state index in [2.05, 4.69) is 4.98 Å². The van der Waals surface area contributed by atoms with E-state index < -0.39 is 0 Å². The standard InChI is InChI=1S/C17H17NO3/c1-11-9-17(19)21-16-10-13(6-7-14(11)16)20-12(2)15-5-3-4-8-18-15/h3-8,10-12H,9H2,1-2H3. The van der Waals surface area contributed by atoms with Crippen LogP contribution in [0.15, 0.2) is 42.6 Å². The molecule has 0 fully saturated rings. The fourth-order valence-electron chi connectivity index (χ4n) is 2.49. The highest BCUT2D eigenvalue weighted by Crippen LogP contribution is 2.37. The van der Waals surface area contributed by atoms with Crippen LogP contribution in [0.4, 0.5) is 0 Å². The summed E-state index contributed by atoms with van der Waals surface area (Å²) in [6.07, 6.45) is 2.00. The quantitative estimate of drug-likeness (QED) is 0.637. The Balaban J connectivity index is 1.81. The third kappa shape index (κ3) is 2.89. The van der Waals surface area contributed by atoms with Gasteiger partial charge in [0.15, 0.2) is 0 Å². The second-order valence-electron chi connectivity index (χ2n) is 5.29. The van der Waals surface area contributed by atoms with Crippen LogP contribution in [0, 0.1) is 0 Å². The number of aromatic nitrogens is 1. The van der Waals surface area contributed by atoms with Crippen molar-refractivity contribution in [1.29, 1.82) is 0 Å². The Bertz CT molecular complexity index is 654. The highest BCUT2D eigenvalue weighted by atomic mass is 16.5. The number of rotatable bonds is 3. The van der Waals surface area contributed by atoms with Crippen molar-refractivity contribution in [2.24, 2.45) is 0 Å². The lowest BCUT2D eigenvalue weighted by molar-refractivity contribution is -0.135. The van der Waals surface area contributed by atoms with Gasteiger partial charge in [-0.15, -0.1) is 0 Å². The molecule has 1 aliphatic rings. The van der Waals surface area contributed by atoms with Crippen LogP contribution in [0.5, 0.6) is 11.5 Å². The molecule has 3 rings (SSSR count). The van der Waals surface area contributed by atoms with E-state index in [9.17, 15) is 4.79 Å². The summed E-state index contributed by atoms with van der Waals surface area (Å²) in [6.45, 7) is 3.96. The molecule has 0 saturated heterocycles. The maximum absolute atomic E-state index is 11.5. The zero-order valence-electron chi connectivity index (χ0n) is 12.1. The first-order valence-electron chi connectivity index (χ1n) is 7.05. The number of nitrogens with zero attached hydrogens (tertiary/aromatic N) is 1. The average Bonchev–Trinajstić information content (AvgIpc) is 2.47. The number of benzene rings is 1. The van der Waals surface area contributed by atoms with Crippen molar-refractivity contribution in [2.45, 2.75) is 32.3 Å². The maximum Gasteiger partial charge on any atom is 0.311 e. The molecule has 0 bridgehead atoms. The molecule has 21 heavy (non-hydrogen) atoms. The van der Waals surface area contributed by atoms with Gasteiger partial charge >= 0.3 is 5.97 Å². The topological polar surface area (TPSA) is 48.4 Å². The summed E-state index contributed by atoms with van der Waals surface area (Å²) in [6, 6.07) is 11.4. The number of carbonyl (C=O) groups excluding carboxylic acids is 1. The third-order valence-electron chi connectivity index (χ3n) is 3.63. The van der Waals surface area contributed by atoms with Crippen LogP contribution >= 0.6 is 0 Å². The molecule has 2 unspecified atom stereocenters. The molecule has 4 nitrogen and oxygen atoms in total. The fourth-order valence-corrected chi connectivity index (χ4v) is 2.49. The van der Waals surface area contributed by atoms with Gasteiger partial charge in [-0.1, -0.05) is 19.1 Å². The van der Waals surface area contributed by atoms with Gasteiger partial charge in [-0.2, -0.15) is 0 Å². The van der Waals surface area contributed by atoms with Gasteiger partial charge in [-0.25, -0.2) is 0 Å². The van der Waals surface area contributed by atoms with Crippen molar-refractivity contribution >= 4 is 5.97 Å². The Labute approximate surface area is 123 Å². The second-order valence-corrected chi connectivity index (χ2v) is 5.29. The van der Waals surface area contributed by atoms with E-state index >= 15 is 0 Å². The molecule has 1 aromatic carbocycles.